The predicted molar refractivity (Wildman–Crippen MR) is 203 cm³/mol. The normalized spacial score (nSPS) is 20.9. The lowest BCUT2D eigenvalue weighted by Crippen LogP contribution is -2.68. The molecule has 5 aromatic rings. The maximum Gasteiger partial charge on any atom is 0.261 e. The molecule has 0 radical (unpaired) electrons. The average molecular weight is 701 g/mol. The lowest BCUT2D eigenvalue weighted by atomic mass is 9.94. The molecule has 1 heterocycles. The van der Waals surface area contributed by atoms with Crippen molar-refractivity contribution in [2.45, 2.75) is 76.1 Å². The van der Waals surface area contributed by atoms with Gasteiger partial charge in [0.1, 0.15) is 30.5 Å². The molecule has 5 atom stereocenters. The molecule has 5 aromatic carbocycles. The summed E-state index contributed by atoms with van der Waals surface area (Å²) < 4.78 is 34.2. The minimum absolute atomic E-state index is 0.188. The third-order valence-corrected chi connectivity index (χ3v) is 14.5. The van der Waals surface area contributed by atoms with Gasteiger partial charge in [-0.1, -0.05) is 172 Å². The van der Waals surface area contributed by atoms with E-state index in [1.54, 1.807) is 0 Å². The Bertz CT molecular complexity index is 1710. The summed E-state index contributed by atoms with van der Waals surface area (Å²) in [5, 5.41) is 2.07. The quantitative estimate of drug-likeness (QED) is 0.0845. The highest BCUT2D eigenvalue weighted by atomic mass is 28.4. The highest BCUT2D eigenvalue weighted by Gasteiger charge is 2.53. The molecule has 7 heteroatoms. The molecule has 0 amide bonds. The number of benzene rings is 5. The first-order valence-electron chi connectivity index (χ1n) is 17.7. The van der Waals surface area contributed by atoms with Crippen molar-refractivity contribution in [3.63, 3.8) is 0 Å². The van der Waals surface area contributed by atoms with Gasteiger partial charge in [0.15, 0.2) is 6.29 Å². The van der Waals surface area contributed by atoms with E-state index in [2.05, 4.69) is 69.3 Å². The second kappa shape index (κ2) is 17.3. The van der Waals surface area contributed by atoms with Crippen LogP contribution in [0, 0.1) is 0 Å². The van der Waals surface area contributed by atoms with Gasteiger partial charge in [0.25, 0.3) is 8.32 Å². The van der Waals surface area contributed by atoms with Crippen LogP contribution in [0.1, 0.15) is 37.5 Å². The van der Waals surface area contributed by atoms with Crippen molar-refractivity contribution in [3.8, 4) is 0 Å². The number of ether oxygens (including phenoxy) is 4. The minimum Gasteiger partial charge on any atom is -0.405 e. The Kier molecular flexibility index (Phi) is 12.4. The van der Waals surface area contributed by atoms with E-state index in [4.69, 9.17) is 23.4 Å². The molecule has 264 valence electrons. The Labute approximate surface area is 303 Å². The Morgan fingerprint density at radius 1 is 0.549 bits per heavy atom. The van der Waals surface area contributed by atoms with E-state index in [0.717, 1.165) is 33.3 Å². The summed E-state index contributed by atoms with van der Waals surface area (Å²) in [6.45, 7) is 7.86. The molecule has 0 saturated carbocycles. The minimum atomic E-state index is -2.95. The van der Waals surface area contributed by atoms with Crippen molar-refractivity contribution < 1.29 is 28.2 Å². The zero-order valence-electron chi connectivity index (χ0n) is 29.7. The predicted octanol–water partition coefficient (Wildman–Crippen LogP) is 7.29. The topological polar surface area (TPSA) is 63.2 Å². The summed E-state index contributed by atoms with van der Waals surface area (Å²) >= 11 is 0. The fraction of sp³-hybridized carbons (Fsp3) is 0.295. The first kappa shape index (κ1) is 36.6. The Morgan fingerprint density at radius 3 is 1.31 bits per heavy atom. The highest BCUT2D eigenvalue weighted by Crippen LogP contribution is 2.38. The fourth-order valence-corrected chi connectivity index (χ4v) is 11.6. The second-order valence-corrected chi connectivity index (χ2v) is 18.3. The summed E-state index contributed by atoms with van der Waals surface area (Å²) in [5.41, 5.74) is 3.02. The number of aldehydes is 1. The molecule has 1 aliphatic heterocycles. The molecule has 6 rings (SSSR count). The van der Waals surface area contributed by atoms with Gasteiger partial charge in [-0.3, -0.25) is 0 Å². The van der Waals surface area contributed by atoms with Gasteiger partial charge in [-0.25, -0.2) is 0 Å². The average Bonchev–Trinajstić information content (AvgIpc) is 3.17. The first-order valence-corrected chi connectivity index (χ1v) is 19.6. The third-order valence-electron chi connectivity index (χ3n) is 9.54. The summed E-state index contributed by atoms with van der Waals surface area (Å²) in [4.78, 5) is 12.9. The zero-order chi connectivity index (χ0) is 35.5. The van der Waals surface area contributed by atoms with Crippen LogP contribution in [0.25, 0.3) is 0 Å². The molecular weight excluding hydrogens is 653 g/mol. The molecule has 6 nitrogen and oxygen atoms in total. The number of carbonyl (C=O) groups excluding carboxylic acids is 1. The van der Waals surface area contributed by atoms with Gasteiger partial charge in [-0.15, -0.1) is 0 Å². The van der Waals surface area contributed by atoms with Crippen LogP contribution in [0.15, 0.2) is 152 Å². The molecule has 0 unspecified atom stereocenters. The van der Waals surface area contributed by atoms with Crippen LogP contribution < -0.4 is 10.4 Å². The van der Waals surface area contributed by atoms with E-state index < -0.39 is 38.8 Å². The molecule has 0 bridgehead atoms. The van der Waals surface area contributed by atoms with E-state index in [0.29, 0.717) is 19.8 Å². The summed E-state index contributed by atoms with van der Waals surface area (Å²) in [7, 11) is -2.95. The maximum absolute atomic E-state index is 12.9. The monoisotopic (exact) mass is 700 g/mol. The zero-order valence-corrected chi connectivity index (χ0v) is 30.7. The molecule has 0 spiro atoms. The molecule has 0 N–H and O–H groups in total. The highest BCUT2D eigenvalue weighted by molar-refractivity contribution is 6.99. The lowest BCUT2D eigenvalue weighted by Gasteiger charge is -2.47. The Morgan fingerprint density at radius 2 is 0.922 bits per heavy atom. The van der Waals surface area contributed by atoms with Crippen LogP contribution in [0.2, 0.25) is 5.04 Å². The van der Waals surface area contributed by atoms with Crippen molar-refractivity contribution in [1.82, 2.24) is 0 Å². The van der Waals surface area contributed by atoms with Crippen LogP contribution in [0.5, 0.6) is 0 Å². The van der Waals surface area contributed by atoms with Crippen LogP contribution in [-0.2, 0) is 48.0 Å². The van der Waals surface area contributed by atoms with Crippen LogP contribution in [0.4, 0.5) is 0 Å². The van der Waals surface area contributed by atoms with Crippen molar-refractivity contribution in [2.24, 2.45) is 0 Å². The van der Waals surface area contributed by atoms with Gasteiger partial charge in [0, 0.05) is 0 Å². The molecular formula is C44H48O6Si. The summed E-state index contributed by atoms with van der Waals surface area (Å²) in [5.74, 6) is 0. The molecule has 51 heavy (non-hydrogen) atoms. The number of rotatable bonds is 15. The SMILES string of the molecule is CC(C)(C)[Si](OC[C@H]1O[C@@H](C=O)[C@H](OCc2ccccc2)[C@@H](OCc2ccccc2)[C@@H]1OCc1ccccc1)(c1ccccc1)c1ccccc1. The van der Waals surface area contributed by atoms with Crippen LogP contribution >= 0.6 is 0 Å². The molecule has 0 aliphatic carbocycles. The Balaban J connectivity index is 1.38. The van der Waals surface area contributed by atoms with Gasteiger partial charge in [-0.2, -0.15) is 0 Å². The van der Waals surface area contributed by atoms with E-state index in [9.17, 15) is 4.79 Å². The van der Waals surface area contributed by atoms with E-state index >= 15 is 0 Å². The fourth-order valence-electron chi connectivity index (χ4n) is 7.04. The van der Waals surface area contributed by atoms with Gasteiger partial charge in [0.2, 0.25) is 0 Å². The lowest BCUT2D eigenvalue weighted by molar-refractivity contribution is -0.261. The third kappa shape index (κ3) is 8.82. The molecule has 1 fully saturated rings. The van der Waals surface area contributed by atoms with Crippen molar-refractivity contribution in [2.75, 3.05) is 6.61 Å². The largest absolute Gasteiger partial charge is 0.405 e. The second-order valence-electron chi connectivity index (χ2n) is 14.0. The van der Waals surface area contributed by atoms with Gasteiger partial charge in [-0.05, 0) is 32.1 Å². The number of carbonyl (C=O) groups is 1. The smallest absolute Gasteiger partial charge is 0.261 e. The number of hydrogen-bond acceptors (Lipinski definition) is 6. The molecule has 0 aromatic heterocycles. The summed E-state index contributed by atoms with van der Waals surface area (Å²) in [6, 6.07) is 51.0. The molecule has 1 aliphatic rings. The van der Waals surface area contributed by atoms with Crippen molar-refractivity contribution >= 4 is 25.0 Å². The van der Waals surface area contributed by atoms with Crippen LogP contribution in [0.3, 0.4) is 0 Å². The van der Waals surface area contributed by atoms with Gasteiger partial charge < -0.3 is 28.2 Å². The maximum atomic E-state index is 12.9. The van der Waals surface area contributed by atoms with Crippen LogP contribution in [-0.4, -0.2) is 51.7 Å². The first-order chi connectivity index (χ1) is 24.9. The van der Waals surface area contributed by atoms with E-state index in [1.807, 2.05) is 103 Å². The standard InChI is InChI=1S/C44H48O6Si/c1-44(2,3)51(37-25-15-7-16-26-37,38-27-17-8-18-28-38)49-33-40-42(47-31-35-21-11-5-12-22-35)43(48-32-36-23-13-6-14-24-36)41(39(29-45)50-40)46-30-34-19-9-4-10-20-34/h4-29,39-43H,30-33H2,1-3H3/t39-,40+,41-,42+,43+/m0/s1. The number of hydrogen-bond donors (Lipinski definition) is 0. The van der Waals surface area contributed by atoms with E-state index in [-0.39, 0.29) is 11.6 Å². The molecule has 1 saturated heterocycles. The van der Waals surface area contributed by atoms with Gasteiger partial charge >= 0.3 is 0 Å². The van der Waals surface area contributed by atoms with Gasteiger partial charge in [0.05, 0.1) is 26.4 Å². The van der Waals surface area contributed by atoms with E-state index in [1.165, 1.54) is 0 Å². The van der Waals surface area contributed by atoms with Crippen molar-refractivity contribution in [3.05, 3.63) is 168 Å². The Hall–Kier alpha value is -4.21. The van der Waals surface area contributed by atoms with Crippen molar-refractivity contribution in [1.29, 1.82) is 0 Å². The summed E-state index contributed by atoms with van der Waals surface area (Å²) in [6.07, 6.45) is -2.70.